The standard InChI is InChI=1S/C22H25N5O2/c1-27(13-9-17-6-10-23-11-7-17)22(28)20-15-26-21(16-25-20)24-12-8-18-4-3-5-19(14-18)29-2/h3-7,10-11,14-16H,8-9,12-13H2,1-2H3,(H,24,26). The molecule has 0 radical (unpaired) electrons. The van der Waals surface area contributed by atoms with Gasteiger partial charge in [0.05, 0.1) is 19.5 Å². The Labute approximate surface area is 170 Å². The third-order valence-corrected chi connectivity index (χ3v) is 4.56. The summed E-state index contributed by atoms with van der Waals surface area (Å²) in [5.41, 5.74) is 2.65. The molecule has 0 unspecified atom stereocenters. The van der Waals surface area contributed by atoms with Gasteiger partial charge in [0, 0.05) is 32.5 Å². The number of anilines is 1. The van der Waals surface area contributed by atoms with Gasteiger partial charge in [-0.2, -0.15) is 0 Å². The number of pyridine rings is 1. The quantitative estimate of drug-likeness (QED) is 0.604. The molecule has 1 amide bonds. The molecule has 0 aliphatic rings. The molecule has 0 saturated carbocycles. The van der Waals surface area contributed by atoms with E-state index in [1.54, 1.807) is 37.6 Å². The molecular weight excluding hydrogens is 366 g/mol. The second-order valence-corrected chi connectivity index (χ2v) is 6.65. The fraction of sp³-hybridized carbons (Fsp3) is 0.273. The Hall–Kier alpha value is -3.48. The van der Waals surface area contributed by atoms with Gasteiger partial charge in [-0.3, -0.25) is 9.78 Å². The highest BCUT2D eigenvalue weighted by Crippen LogP contribution is 2.13. The summed E-state index contributed by atoms with van der Waals surface area (Å²) in [6, 6.07) is 11.9. The summed E-state index contributed by atoms with van der Waals surface area (Å²) >= 11 is 0. The first-order chi connectivity index (χ1) is 14.2. The van der Waals surface area contributed by atoms with Crippen LogP contribution in [0, 0.1) is 0 Å². The van der Waals surface area contributed by atoms with E-state index in [9.17, 15) is 4.79 Å². The van der Waals surface area contributed by atoms with Crippen LogP contribution in [0.5, 0.6) is 5.75 Å². The lowest BCUT2D eigenvalue weighted by Crippen LogP contribution is -2.29. The maximum atomic E-state index is 12.5. The Balaban J connectivity index is 1.47. The van der Waals surface area contributed by atoms with Gasteiger partial charge >= 0.3 is 0 Å². The van der Waals surface area contributed by atoms with Crippen LogP contribution < -0.4 is 10.1 Å². The molecule has 7 nitrogen and oxygen atoms in total. The van der Waals surface area contributed by atoms with E-state index < -0.39 is 0 Å². The number of likely N-dealkylation sites (N-methyl/N-ethyl adjacent to an activating group) is 1. The van der Waals surface area contributed by atoms with Crippen molar-refractivity contribution in [2.75, 3.05) is 32.6 Å². The van der Waals surface area contributed by atoms with Crippen LogP contribution in [-0.4, -0.2) is 53.0 Å². The van der Waals surface area contributed by atoms with Crippen LogP contribution in [0.3, 0.4) is 0 Å². The lowest BCUT2D eigenvalue weighted by Gasteiger charge is -2.16. The molecule has 2 heterocycles. The van der Waals surface area contributed by atoms with Gasteiger partial charge in [0.25, 0.3) is 5.91 Å². The lowest BCUT2D eigenvalue weighted by molar-refractivity contribution is 0.0790. The third kappa shape index (κ3) is 6.00. The number of nitrogens with one attached hydrogen (secondary N) is 1. The number of amides is 1. The minimum Gasteiger partial charge on any atom is -0.497 e. The van der Waals surface area contributed by atoms with Crippen LogP contribution in [-0.2, 0) is 12.8 Å². The third-order valence-electron chi connectivity index (χ3n) is 4.56. The molecule has 0 bridgehead atoms. The van der Waals surface area contributed by atoms with Gasteiger partial charge in [-0.25, -0.2) is 9.97 Å². The van der Waals surface area contributed by atoms with Gasteiger partial charge in [-0.05, 0) is 48.2 Å². The summed E-state index contributed by atoms with van der Waals surface area (Å²) in [4.78, 5) is 26.7. The zero-order valence-corrected chi connectivity index (χ0v) is 16.7. The highest BCUT2D eigenvalue weighted by molar-refractivity contribution is 5.91. The van der Waals surface area contributed by atoms with Gasteiger partial charge in [-0.1, -0.05) is 12.1 Å². The zero-order valence-electron chi connectivity index (χ0n) is 16.7. The number of carbonyl (C=O) groups excluding carboxylic acids is 1. The number of methoxy groups -OCH3 is 1. The highest BCUT2D eigenvalue weighted by Gasteiger charge is 2.13. The van der Waals surface area contributed by atoms with Crippen molar-refractivity contribution >= 4 is 11.7 Å². The highest BCUT2D eigenvalue weighted by atomic mass is 16.5. The van der Waals surface area contributed by atoms with Crippen LogP contribution in [0.15, 0.2) is 61.2 Å². The molecule has 0 atom stereocenters. The van der Waals surface area contributed by atoms with Crippen LogP contribution in [0.2, 0.25) is 0 Å². The number of carbonyl (C=O) groups is 1. The number of hydrogen-bond donors (Lipinski definition) is 1. The summed E-state index contributed by atoms with van der Waals surface area (Å²) in [5, 5.41) is 3.23. The van der Waals surface area contributed by atoms with E-state index in [-0.39, 0.29) is 5.91 Å². The Morgan fingerprint density at radius 1 is 1.07 bits per heavy atom. The number of nitrogens with zero attached hydrogens (tertiary/aromatic N) is 4. The van der Waals surface area contributed by atoms with Crippen LogP contribution in [0.4, 0.5) is 5.82 Å². The second-order valence-electron chi connectivity index (χ2n) is 6.65. The largest absolute Gasteiger partial charge is 0.497 e. The van der Waals surface area contributed by atoms with E-state index in [4.69, 9.17) is 4.74 Å². The van der Waals surface area contributed by atoms with E-state index in [2.05, 4.69) is 26.3 Å². The van der Waals surface area contributed by atoms with Gasteiger partial charge < -0.3 is 15.0 Å². The molecule has 0 aliphatic carbocycles. The van der Waals surface area contributed by atoms with Gasteiger partial charge in [0.1, 0.15) is 17.3 Å². The van der Waals surface area contributed by atoms with Crippen LogP contribution >= 0.6 is 0 Å². The summed E-state index contributed by atoms with van der Waals surface area (Å²) < 4.78 is 5.24. The van der Waals surface area contributed by atoms with Crippen molar-refractivity contribution in [2.24, 2.45) is 0 Å². The van der Waals surface area contributed by atoms with E-state index in [1.165, 1.54) is 11.8 Å². The average Bonchev–Trinajstić information content (AvgIpc) is 2.78. The molecule has 3 aromatic rings. The van der Waals surface area contributed by atoms with Crippen LogP contribution in [0.25, 0.3) is 0 Å². The Morgan fingerprint density at radius 3 is 2.62 bits per heavy atom. The second kappa shape index (κ2) is 10.2. The summed E-state index contributed by atoms with van der Waals surface area (Å²) in [6.07, 6.45) is 8.21. The van der Waals surface area contributed by atoms with Crippen molar-refractivity contribution in [3.05, 3.63) is 78.0 Å². The normalized spacial score (nSPS) is 10.4. The maximum absolute atomic E-state index is 12.5. The fourth-order valence-corrected chi connectivity index (χ4v) is 2.84. The predicted molar refractivity (Wildman–Crippen MR) is 112 cm³/mol. The van der Waals surface area contributed by atoms with Crippen molar-refractivity contribution in [3.8, 4) is 5.75 Å². The summed E-state index contributed by atoms with van der Waals surface area (Å²) in [5.74, 6) is 1.34. The fourth-order valence-electron chi connectivity index (χ4n) is 2.84. The molecule has 0 fully saturated rings. The minimum atomic E-state index is -0.144. The molecule has 0 aliphatic heterocycles. The smallest absolute Gasteiger partial charge is 0.273 e. The van der Waals surface area contributed by atoms with Crippen molar-refractivity contribution in [3.63, 3.8) is 0 Å². The van der Waals surface area contributed by atoms with Gasteiger partial charge in [0.2, 0.25) is 0 Å². The summed E-state index contributed by atoms with van der Waals surface area (Å²) in [6.45, 7) is 1.31. The van der Waals surface area contributed by atoms with Crippen molar-refractivity contribution in [1.82, 2.24) is 19.9 Å². The minimum absolute atomic E-state index is 0.144. The number of hydrogen-bond acceptors (Lipinski definition) is 6. The van der Waals surface area contributed by atoms with E-state index in [1.807, 2.05) is 30.3 Å². The Kier molecular flexibility index (Phi) is 7.10. The first-order valence-corrected chi connectivity index (χ1v) is 9.49. The van der Waals surface area contributed by atoms with Gasteiger partial charge in [-0.15, -0.1) is 0 Å². The summed E-state index contributed by atoms with van der Waals surface area (Å²) in [7, 11) is 3.43. The average molecular weight is 391 g/mol. The molecule has 1 aromatic carbocycles. The lowest BCUT2D eigenvalue weighted by atomic mass is 10.1. The topological polar surface area (TPSA) is 80.2 Å². The molecule has 150 valence electrons. The molecular formula is C22H25N5O2. The van der Waals surface area contributed by atoms with Gasteiger partial charge in [0.15, 0.2) is 0 Å². The monoisotopic (exact) mass is 391 g/mol. The predicted octanol–water partition coefficient (Wildman–Crippen LogP) is 2.85. The SMILES string of the molecule is COc1cccc(CCNc2cnc(C(=O)N(C)CCc3ccncc3)cn2)c1. The Bertz CT molecular complexity index is 916. The van der Waals surface area contributed by atoms with E-state index >= 15 is 0 Å². The molecule has 0 spiro atoms. The van der Waals surface area contributed by atoms with E-state index in [0.29, 0.717) is 24.6 Å². The van der Waals surface area contributed by atoms with Crippen molar-refractivity contribution in [1.29, 1.82) is 0 Å². The Morgan fingerprint density at radius 2 is 1.90 bits per heavy atom. The molecule has 7 heteroatoms. The first-order valence-electron chi connectivity index (χ1n) is 9.49. The van der Waals surface area contributed by atoms with Crippen molar-refractivity contribution in [2.45, 2.75) is 12.8 Å². The van der Waals surface area contributed by atoms with Crippen LogP contribution in [0.1, 0.15) is 21.6 Å². The maximum Gasteiger partial charge on any atom is 0.273 e. The number of rotatable bonds is 9. The van der Waals surface area contributed by atoms with Crippen molar-refractivity contribution < 1.29 is 9.53 Å². The molecule has 29 heavy (non-hydrogen) atoms. The molecule has 0 saturated heterocycles. The molecule has 2 aromatic heterocycles. The number of ether oxygens (including phenoxy) is 1. The number of aromatic nitrogens is 3. The number of benzene rings is 1. The zero-order chi connectivity index (χ0) is 20.5. The first kappa shape index (κ1) is 20.3. The molecule has 1 N–H and O–H groups in total. The molecule has 3 rings (SSSR count). The van der Waals surface area contributed by atoms with E-state index in [0.717, 1.165) is 24.2 Å².